The summed E-state index contributed by atoms with van der Waals surface area (Å²) in [5.41, 5.74) is 4.29. The first-order chi connectivity index (χ1) is 11.9. The molecule has 140 valence electrons. The summed E-state index contributed by atoms with van der Waals surface area (Å²) >= 11 is 0. The molecule has 0 aliphatic heterocycles. The smallest absolute Gasteiger partial charge is 0.123 e. The van der Waals surface area contributed by atoms with Crippen LogP contribution in [0.15, 0.2) is 35.4 Å². The van der Waals surface area contributed by atoms with Crippen LogP contribution in [-0.2, 0) is 12.8 Å². The SMILES string of the molecule is CCCCCCCc1cc(O)c(C/C=C(\C)CCC=C(C)C)c(O)c1. The second-order valence-corrected chi connectivity index (χ2v) is 7.35. The van der Waals surface area contributed by atoms with Crippen LogP contribution in [0, 0.1) is 0 Å². The van der Waals surface area contributed by atoms with E-state index in [-0.39, 0.29) is 11.5 Å². The molecule has 1 aromatic carbocycles. The van der Waals surface area contributed by atoms with Crippen molar-refractivity contribution >= 4 is 0 Å². The van der Waals surface area contributed by atoms with Crippen molar-refractivity contribution in [1.82, 2.24) is 0 Å². The van der Waals surface area contributed by atoms with E-state index < -0.39 is 0 Å². The maximum absolute atomic E-state index is 10.3. The molecule has 1 aromatic rings. The number of allylic oxidation sites excluding steroid dienone is 4. The molecule has 0 heterocycles. The van der Waals surface area contributed by atoms with E-state index in [4.69, 9.17) is 0 Å². The number of aromatic hydroxyl groups is 2. The molecule has 0 aliphatic carbocycles. The molecular weight excluding hydrogens is 308 g/mol. The molecule has 2 nitrogen and oxygen atoms in total. The fourth-order valence-electron chi connectivity index (χ4n) is 2.95. The fourth-order valence-corrected chi connectivity index (χ4v) is 2.95. The van der Waals surface area contributed by atoms with Gasteiger partial charge in [-0.25, -0.2) is 0 Å². The van der Waals surface area contributed by atoms with Crippen LogP contribution in [-0.4, -0.2) is 10.2 Å². The molecule has 2 heteroatoms. The molecule has 0 aliphatic rings. The third-order valence-electron chi connectivity index (χ3n) is 4.58. The number of benzene rings is 1. The summed E-state index contributed by atoms with van der Waals surface area (Å²) < 4.78 is 0. The van der Waals surface area contributed by atoms with Gasteiger partial charge in [0.1, 0.15) is 11.5 Å². The van der Waals surface area contributed by atoms with Crippen molar-refractivity contribution < 1.29 is 10.2 Å². The lowest BCUT2D eigenvalue weighted by molar-refractivity contribution is 0.439. The van der Waals surface area contributed by atoms with Crippen molar-refractivity contribution in [2.24, 2.45) is 0 Å². The second kappa shape index (κ2) is 11.8. The standard InChI is InChI=1S/C23H36O2/c1-5-6-7-8-9-13-20-16-22(24)21(23(25)17-20)15-14-19(4)12-10-11-18(2)3/h11,14,16-17,24-25H,5-10,12-13,15H2,1-4H3/b19-14+. The molecule has 1 rings (SSSR count). The van der Waals surface area contributed by atoms with Gasteiger partial charge in [-0.2, -0.15) is 0 Å². The lowest BCUT2D eigenvalue weighted by Gasteiger charge is -2.10. The highest BCUT2D eigenvalue weighted by atomic mass is 16.3. The van der Waals surface area contributed by atoms with Crippen molar-refractivity contribution in [3.8, 4) is 11.5 Å². The Labute approximate surface area is 154 Å². The summed E-state index contributed by atoms with van der Waals surface area (Å²) in [7, 11) is 0. The van der Waals surface area contributed by atoms with Crippen molar-refractivity contribution in [3.05, 3.63) is 46.6 Å². The quantitative estimate of drug-likeness (QED) is 0.340. The van der Waals surface area contributed by atoms with Crippen LogP contribution >= 0.6 is 0 Å². The Balaban J connectivity index is 2.59. The monoisotopic (exact) mass is 344 g/mol. The fraction of sp³-hybridized carbons (Fsp3) is 0.565. The summed E-state index contributed by atoms with van der Waals surface area (Å²) in [6.45, 7) is 8.55. The minimum Gasteiger partial charge on any atom is -0.508 e. The minimum atomic E-state index is 0.219. The Morgan fingerprint density at radius 1 is 0.920 bits per heavy atom. The zero-order valence-corrected chi connectivity index (χ0v) is 16.6. The van der Waals surface area contributed by atoms with Crippen molar-refractivity contribution in [2.45, 2.75) is 85.5 Å². The third kappa shape index (κ3) is 8.81. The highest BCUT2D eigenvalue weighted by Gasteiger charge is 2.09. The number of phenols is 2. The molecule has 0 bridgehead atoms. The van der Waals surface area contributed by atoms with E-state index in [9.17, 15) is 10.2 Å². The van der Waals surface area contributed by atoms with E-state index in [1.165, 1.54) is 36.8 Å². The Bertz CT molecular complexity index is 555. The number of rotatable bonds is 11. The number of unbranched alkanes of at least 4 members (excludes halogenated alkanes) is 4. The van der Waals surface area contributed by atoms with Crippen LogP contribution in [0.1, 0.15) is 83.8 Å². The van der Waals surface area contributed by atoms with Gasteiger partial charge >= 0.3 is 0 Å². The summed E-state index contributed by atoms with van der Waals surface area (Å²) in [6.07, 6.45) is 14.0. The Morgan fingerprint density at radius 2 is 1.56 bits per heavy atom. The summed E-state index contributed by atoms with van der Waals surface area (Å²) in [5.74, 6) is 0.439. The molecule has 0 atom stereocenters. The van der Waals surface area contributed by atoms with Crippen LogP contribution in [0.5, 0.6) is 11.5 Å². The topological polar surface area (TPSA) is 40.5 Å². The molecule has 0 saturated heterocycles. The number of aryl methyl sites for hydroxylation is 1. The summed E-state index contributed by atoms with van der Waals surface area (Å²) in [5, 5.41) is 20.6. The van der Waals surface area contributed by atoms with Gasteiger partial charge in [-0.1, -0.05) is 55.9 Å². The average Bonchev–Trinajstić information content (AvgIpc) is 2.53. The average molecular weight is 345 g/mol. The Hall–Kier alpha value is -1.70. The first-order valence-corrected chi connectivity index (χ1v) is 9.76. The molecular formula is C23H36O2. The van der Waals surface area contributed by atoms with Gasteiger partial charge in [0.2, 0.25) is 0 Å². The minimum absolute atomic E-state index is 0.219. The van der Waals surface area contributed by atoms with E-state index in [2.05, 4.69) is 39.8 Å². The third-order valence-corrected chi connectivity index (χ3v) is 4.58. The van der Waals surface area contributed by atoms with Crippen LogP contribution in [0.25, 0.3) is 0 Å². The molecule has 0 fully saturated rings. The normalized spacial score (nSPS) is 11.6. The van der Waals surface area contributed by atoms with Gasteiger partial charge in [0.15, 0.2) is 0 Å². The number of phenolic OH excluding ortho intramolecular Hbond substituents is 2. The highest BCUT2D eigenvalue weighted by molar-refractivity contribution is 5.47. The van der Waals surface area contributed by atoms with E-state index in [0.29, 0.717) is 12.0 Å². The van der Waals surface area contributed by atoms with Gasteiger partial charge in [-0.15, -0.1) is 0 Å². The van der Waals surface area contributed by atoms with Crippen LogP contribution in [0.3, 0.4) is 0 Å². The van der Waals surface area contributed by atoms with Crippen LogP contribution in [0.4, 0.5) is 0 Å². The highest BCUT2D eigenvalue weighted by Crippen LogP contribution is 2.30. The zero-order chi connectivity index (χ0) is 18.7. The molecule has 0 unspecified atom stereocenters. The zero-order valence-electron chi connectivity index (χ0n) is 16.6. The number of hydrogen-bond acceptors (Lipinski definition) is 2. The van der Waals surface area contributed by atoms with E-state index in [1.807, 2.05) is 12.1 Å². The van der Waals surface area contributed by atoms with Gasteiger partial charge in [-0.05, 0) is 70.6 Å². The van der Waals surface area contributed by atoms with Crippen molar-refractivity contribution in [1.29, 1.82) is 0 Å². The van der Waals surface area contributed by atoms with Gasteiger partial charge in [0.05, 0.1) is 0 Å². The van der Waals surface area contributed by atoms with E-state index in [0.717, 1.165) is 31.2 Å². The molecule has 0 saturated carbocycles. The second-order valence-electron chi connectivity index (χ2n) is 7.35. The van der Waals surface area contributed by atoms with Gasteiger partial charge in [0.25, 0.3) is 0 Å². The maximum Gasteiger partial charge on any atom is 0.123 e. The number of hydrogen-bond donors (Lipinski definition) is 2. The maximum atomic E-state index is 10.3. The predicted octanol–water partition coefficient (Wildman–Crippen LogP) is 6.85. The Kier molecular flexibility index (Phi) is 10.1. The molecule has 0 radical (unpaired) electrons. The first-order valence-electron chi connectivity index (χ1n) is 9.76. The van der Waals surface area contributed by atoms with Gasteiger partial charge in [-0.3, -0.25) is 0 Å². The van der Waals surface area contributed by atoms with E-state index >= 15 is 0 Å². The molecule has 0 amide bonds. The largest absolute Gasteiger partial charge is 0.508 e. The van der Waals surface area contributed by atoms with Crippen molar-refractivity contribution in [3.63, 3.8) is 0 Å². The molecule has 25 heavy (non-hydrogen) atoms. The van der Waals surface area contributed by atoms with Crippen LogP contribution < -0.4 is 0 Å². The first kappa shape index (κ1) is 21.3. The van der Waals surface area contributed by atoms with Crippen LogP contribution in [0.2, 0.25) is 0 Å². The lowest BCUT2D eigenvalue weighted by atomic mass is 10.00. The summed E-state index contributed by atoms with van der Waals surface area (Å²) in [6, 6.07) is 3.64. The lowest BCUT2D eigenvalue weighted by Crippen LogP contribution is -1.91. The van der Waals surface area contributed by atoms with Gasteiger partial charge < -0.3 is 10.2 Å². The molecule has 0 aromatic heterocycles. The Morgan fingerprint density at radius 3 is 2.16 bits per heavy atom. The van der Waals surface area contributed by atoms with Gasteiger partial charge in [0, 0.05) is 5.56 Å². The van der Waals surface area contributed by atoms with E-state index in [1.54, 1.807) is 0 Å². The molecule has 0 spiro atoms. The van der Waals surface area contributed by atoms with Crippen molar-refractivity contribution in [2.75, 3.05) is 0 Å². The predicted molar refractivity (Wildman–Crippen MR) is 108 cm³/mol. The molecule has 2 N–H and O–H groups in total. The summed E-state index contributed by atoms with van der Waals surface area (Å²) in [4.78, 5) is 0.